The van der Waals surface area contributed by atoms with Crippen LogP contribution in [-0.2, 0) is 26.6 Å². The summed E-state index contributed by atoms with van der Waals surface area (Å²) in [7, 11) is 1.52. The number of guanidine groups is 1. The van der Waals surface area contributed by atoms with Gasteiger partial charge in [0, 0.05) is 36.7 Å². The number of nitrogens with zero attached hydrogens (tertiary/aromatic N) is 3. The summed E-state index contributed by atoms with van der Waals surface area (Å²) in [6, 6.07) is 8.90. The quantitative estimate of drug-likeness (QED) is 0.136. The van der Waals surface area contributed by atoms with Crippen molar-refractivity contribution in [2.24, 2.45) is 16.5 Å². The second kappa shape index (κ2) is 13.7. The number of carbonyl (C=O) groups is 4. The number of hydrogen-bond donors (Lipinski definition) is 4. The van der Waals surface area contributed by atoms with Crippen LogP contribution in [0.5, 0.6) is 0 Å². The number of rotatable bonds is 11. The Morgan fingerprint density at radius 3 is 2.65 bits per heavy atom. The minimum Gasteiger partial charge on any atom is -0.480 e. The van der Waals surface area contributed by atoms with Crippen LogP contribution in [0.3, 0.4) is 0 Å². The van der Waals surface area contributed by atoms with Crippen LogP contribution in [-0.4, -0.2) is 59.4 Å². The molecule has 3 rings (SSSR count). The predicted molar refractivity (Wildman–Crippen MR) is 146 cm³/mol. The molecular formula is C27H34ClN6O6+. The number of benzene rings is 1. The van der Waals surface area contributed by atoms with Crippen molar-refractivity contribution in [1.29, 1.82) is 0 Å². The number of pyridine rings is 1. The standard InChI is InChI=1S/C27H33ClN6O6/c1-33(27(13-5-4-12-22(27)35)19-9-2-3-10-20(19)28)26(39)40-17-34-15-7-8-18(16-34)23(36)32-21(24(37)38)11-6-14-31-25(29)30/h2-3,7-10,15-16,21H,4-6,11-14,17H2,1H3,(H5-,29,30,31,32,36,37,38)/p+1/t21-,27?/m0/s1. The maximum Gasteiger partial charge on any atom is 0.415 e. The van der Waals surface area contributed by atoms with Crippen LogP contribution < -0.4 is 21.4 Å². The third-order valence-electron chi connectivity index (χ3n) is 6.83. The number of likely N-dealkylation sites (N-methyl/N-ethyl adjacent to an activating group) is 1. The molecule has 2 aromatic rings. The molecular weight excluding hydrogens is 540 g/mol. The van der Waals surface area contributed by atoms with Gasteiger partial charge >= 0.3 is 12.1 Å². The molecule has 2 atom stereocenters. The lowest BCUT2D eigenvalue weighted by Gasteiger charge is -2.43. The molecule has 1 fully saturated rings. The van der Waals surface area contributed by atoms with E-state index < -0.39 is 29.6 Å². The van der Waals surface area contributed by atoms with Gasteiger partial charge < -0.3 is 26.6 Å². The highest BCUT2D eigenvalue weighted by molar-refractivity contribution is 6.31. The monoisotopic (exact) mass is 573 g/mol. The summed E-state index contributed by atoms with van der Waals surface area (Å²) < 4.78 is 6.97. The third kappa shape index (κ3) is 7.26. The molecule has 40 heavy (non-hydrogen) atoms. The molecule has 0 bridgehead atoms. The molecule has 1 aromatic heterocycles. The molecule has 6 N–H and O–H groups in total. The first-order valence-electron chi connectivity index (χ1n) is 12.8. The van der Waals surface area contributed by atoms with Crippen molar-refractivity contribution in [1.82, 2.24) is 10.2 Å². The van der Waals surface area contributed by atoms with Crippen molar-refractivity contribution < 1.29 is 33.6 Å². The average Bonchev–Trinajstić information content (AvgIpc) is 2.93. The number of Topliss-reactive ketones (excluding diaryl/α,β-unsaturated/α-hetero) is 1. The van der Waals surface area contributed by atoms with Gasteiger partial charge in [-0.2, -0.15) is 4.57 Å². The van der Waals surface area contributed by atoms with Gasteiger partial charge in [0.2, 0.25) is 0 Å². The molecule has 0 saturated heterocycles. The molecule has 12 nitrogen and oxygen atoms in total. The van der Waals surface area contributed by atoms with Crippen molar-refractivity contribution >= 4 is 41.3 Å². The average molecular weight is 574 g/mol. The zero-order chi connectivity index (χ0) is 29.3. The Morgan fingerprint density at radius 2 is 1.98 bits per heavy atom. The molecule has 1 unspecified atom stereocenters. The van der Waals surface area contributed by atoms with E-state index >= 15 is 0 Å². The lowest BCUT2D eigenvalue weighted by molar-refractivity contribution is -0.727. The first-order valence-corrected chi connectivity index (χ1v) is 13.2. The summed E-state index contributed by atoms with van der Waals surface area (Å²) in [5.41, 5.74) is 10.0. The number of carboxylic acid groups (broad SMARTS) is 1. The van der Waals surface area contributed by atoms with Gasteiger partial charge in [-0.25, -0.2) is 9.59 Å². The molecule has 2 amide bonds. The van der Waals surface area contributed by atoms with E-state index in [1.165, 1.54) is 28.8 Å². The fourth-order valence-electron chi connectivity index (χ4n) is 4.75. The Kier molecular flexibility index (Phi) is 10.4. The topological polar surface area (TPSA) is 181 Å². The molecule has 1 aliphatic carbocycles. The molecule has 1 heterocycles. The minimum atomic E-state index is -1.24. The maximum atomic E-state index is 13.2. The van der Waals surface area contributed by atoms with E-state index in [-0.39, 0.29) is 37.0 Å². The molecule has 1 saturated carbocycles. The number of halogens is 1. The van der Waals surface area contributed by atoms with Crippen molar-refractivity contribution in [3.8, 4) is 0 Å². The number of aliphatic carboxylic acids is 1. The highest BCUT2D eigenvalue weighted by Gasteiger charge is 2.48. The van der Waals surface area contributed by atoms with Crippen molar-refractivity contribution in [3.05, 3.63) is 64.9 Å². The molecule has 1 aromatic carbocycles. The van der Waals surface area contributed by atoms with Crippen molar-refractivity contribution in [2.45, 2.75) is 56.8 Å². The van der Waals surface area contributed by atoms with Gasteiger partial charge in [-0.1, -0.05) is 29.8 Å². The Labute approximate surface area is 236 Å². The van der Waals surface area contributed by atoms with Crippen LogP contribution in [0.25, 0.3) is 0 Å². The Bertz CT molecular complexity index is 1280. The van der Waals surface area contributed by atoms with Crippen LogP contribution in [0.2, 0.25) is 5.02 Å². The highest BCUT2D eigenvalue weighted by Crippen LogP contribution is 2.42. The molecule has 13 heteroatoms. The number of hydrogen-bond acceptors (Lipinski definition) is 6. The van der Waals surface area contributed by atoms with E-state index in [0.717, 1.165) is 12.8 Å². The second-order valence-electron chi connectivity index (χ2n) is 9.49. The van der Waals surface area contributed by atoms with Gasteiger partial charge in [0.15, 0.2) is 24.1 Å². The van der Waals surface area contributed by atoms with Crippen molar-refractivity contribution in [2.75, 3.05) is 13.6 Å². The molecule has 0 radical (unpaired) electrons. The van der Waals surface area contributed by atoms with Gasteiger partial charge in [0.1, 0.15) is 17.1 Å². The number of amides is 2. The number of carboxylic acids is 1. The number of aromatic nitrogens is 1. The van der Waals surface area contributed by atoms with Gasteiger partial charge in [0.05, 0.1) is 0 Å². The number of aliphatic imine (C=N–C) groups is 1. The largest absolute Gasteiger partial charge is 0.480 e. The summed E-state index contributed by atoms with van der Waals surface area (Å²) in [6.45, 7) is -0.0194. The summed E-state index contributed by atoms with van der Waals surface area (Å²) in [6.07, 6.45) is 4.97. The predicted octanol–water partition coefficient (Wildman–Crippen LogP) is 1.93. The SMILES string of the molecule is CN(C(=O)OC[n+]1cccc(C(=O)N[C@@H](CCCN=C(N)N)C(=O)O)c1)C1(c2ccccc2Cl)CCCCC1=O. The molecule has 0 spiro atoms. The van der Waals surface area contributed by atoms with Gasteiger partial charge in [-0.15, -0.1) is 0 Å². The lowest BCUT2D eigenvalue weighted by Crippen LogP contribution is -2.55. The number of nitrogens with one attached hydrogen (secondary N) is 1. The van der Waals surface area contributed by atoms with E-state index in [4.69, 9.17) is 27.8 Å². The van der Waals surface area contributed by atoms with Crippen LogP contribution in [0, 0.1) is 0 Å². The van der Waals surface area contributed by atoms with E-state index in [1.54, 1.807) is 36.5 Å². The first kappa shape index (κ1) is 30.4. The number of ketones is 1. The maximum absolute atomic E-state index is 13.2. The summed E-state index contributed by atoms with van der Waals surface area (Å²) in [5, 5.41) is 12.3. The van der Waals surface area contributed by atoms with Crippen LogP contribution in [0.15, 0.2) is 53.8 Å². The van der Waals surface area contributed by atoms with E-state index in [0.29, 0.717) is 29.8 Å². The molecule has 214 valence electrons. The van der Waals surface area contributed by atoms with Gasteiger partial charge in [-0.3, -0.25) is 19.5 Å². The third-order valence-corrected chi connectivity index (χ3v) is 7.16. The smallest absolute Gasteiger partial charge is 0.415 e. The second-order valence-corrected chi connectivity index (χ2v) is 9.90. The van der Waals surface area contributed by atoms with Crippen LogP contribution in [0.1, 0.15) is 54.4 Å². The van der Waals surface area contributed by atoms with Gasteiger partial charge in [-0.05, 0) is 44.2 Å². The van der Waals surface area contributed by atoms with Crippen LogP contribution in [0.4, 0.5) is 4.79 Å². The normalized spacial score (nSPS) is 17.4. The zero-order valence-corrected chi connectivity index (χ0v) is 23.0. The van der Waals surface area contributed by atoms with Crippen molar-refractivity contribution in [3.63, 3.8) is 0 Å². The Morgan fingerprint density at radius 1 is 1.23 bits per heavy atom. The fraction of sp³-hybridized carbons (Fsp3) is 0.407. The van der Waals surface area contributed by atoms with Crippen LogP contribution >= 0.6 is 11.6 Å². The summed E-state index contributed by atoms with van der Waals surface area (Å²) in [5.74, 6) is -2.01. The summed E-state index contributed by atoms with van der Waals surface area (Å²) in [4.78, 5) is 55.9. The molecule has 1 aliphatic rings. The zero-order valence-electron chi connectivity index (χ0n) is 22.2. The van der Waals surface area contributed by atoms with E-state index in [2.05, 4.69) is 10.3 Å². The highest BCUT2D eigenvalue weighted by atomic mass is 35.5. The van der Waals surface area contributed by atoms with E-state index in [9.17, 15) is 24.3 Å². The van der Waals surface area contributed by atoms with E-state index in [1.807, 2.05) is 0 Å². The fourth-order valence-corrected chi connectivity index (χ4v) is 5.04. The molecule has 0 aliphatic heterocycles. The number of nitrogens with two attached hydrogens (primary N) is 2. The lowest BCUT2D eigenvalue weighted by atomic mass is 9.74. The number of carbonyl (C=O) groups excluding carboxylic acids is 3. The Balaban J connectivity index is 1.68. The first-order chi connectivity index (χ1) is 19.1. The Hall–Kier alpha value is -4.19. The van der Waals surface area contributed by atoms with Gasteiger partial charge in [0.25, 0.3) is 12.6 Å². The summed E-state index contributed by atoms with van der Waals surface area (Å²) >= 11 is 6.46. The number of ether oxygens (including phenoxy) is 1. The minimum absolute atomic E-state index is 0.0963.